The summed E-state index contributed by atoms with van der Waals surface area (Å²) in [6.45, 7) is 2.11. The quantitative estimate of drug-likeness (QED) is 0.841. The SMILES string of the molecule is CNC1CC(Oc2ccc(C)cc2Br)C12CCCCCC2. The van der Waals surface area contributed by atoms with Crippen LogP contribution in [0.4, 0.5) is 0 Å². The van der Waals surface area contributed by atoms with Crippen LogP contribution in [0.1, 0.15) is 50.5 Å². The molecule has 0 aromatic heterocycles. The van der Waals surface area contributed by atoms with Crippen molar-refractivity contribution in [3.05, 3.63) is 28.2 Å². The molecule has 0 bridgehead atoms. The van der Waals surface area contributed by atoms with Crippen LogP contribution < -0.4 is 10.1 Å². The third-order valence-corrected chi connectivity index (χ3v) is 6.14. The second-order valence-corrected chi connectivity index (χ2v) is 7.62. The Balaban J connectivity index is 1.78. The zero-order chi connectivity index (χ0) is 14.9. The van der Waals surface area contributed by atoms with Gasteiger partial charge >= 0.3 is 0 Å². The Morgan fingerprint density at radius 1 is 1.19 bits per heavy atom. The number of benzene rings is 1. The lowest BCUT2D eigenvalue weighted by Gasteiger charge is -2.55. The summed E-state index contributed by atoms with van der Waals surface area (Å²) in [7, 11) is 2.11. The van der Waals surface area contributed by atoms with Crippen molar-refractivity contribution in [1.82, 2.24) is 5.32 Å². The maximum atomic E-state index is 6.43. The summed E-state index contributed by atoms with van der Waals surface area (Å²) in [5, 5.41) is 3.54. The van der Waals surface area contributed by atoms with Gasteiger partial charge in [-0.05, 0) is 60.4 Å². The number of hydrogen-bond donors (Lipinski definition) is 1. The van der Waals surface area contributed by atoms with E-state index in [1.54, 1.807) is 0 Å². The first-order valence-electron chi connectivity index (χ1n) is 8.26. The average Bonchev–Trinajstić information content (AvgIpc) is 2.72. The Morgan fingerprint density at radius 3 is 2.52 bits per heavy atom. The van der Waals surface area contributed by atoms with Gasteiger partial charge in [0.2, 0.25) is 0 Å². The van der Waals surface area contributed by atoms with Crippen molar-refractivity contribution in [2.24, 2.45) is 5.41 Å². The zero-order valence-corrected chi connectivity index (χ0v) is 14.7. The fraction of sp³-hybridized carbons (Fsp3) is 0.667. The van der Waals surface area contributed by atoms with E-state index in [1.807, 2.05) is 0 Å². The minimum atomic E-state index is 0.357. The molecule has 3 heteroatoms. The first-order valence-corrected chi connectivity index (χ1v) is 9.05. The fourth-order valence-corrected chi connectivity index (χ4v) is 4.82. The largest absolute Gasteiger partial charge is 0.489 e. The molecule has 0 radical (unpaired) electrons. The molecular formula is C18H26BrNO. The van der Waals surface area contributed by atoms with E-state index < -0.39 is 0 Å². The first kappa shape index (κ1) is 15.4. The number of rotatable bonds is 3. The van der Waals surface area contributed by atoms with E-state index in [4.69, 9.17) is 4.74 Å². The minimum absolute atomic E-state index is 0.357. The van der Waals surface area contributed by atoms with Gasteiger partial charge < -0.3 is 10.1 Å². The van der Waals surface area contributed by atoms with Gasteiger partial charge in [0, 0.05) is 17.9 Å². The summed E-state index contributed by atoms with van der Waals surface area (Å²) in [6, 6.07) is 7.01. The summed E-state index contributed by atoms with van der Waals surface area (Å²) in [5.41, 5.74) is 1.62. The normalized spacial score (nSPS) is 28.0. The van der Waals surface area contributed by atoms with E-state index >= 15 is 0 Å². The van der Waals surface area contributed by atoms with Gasteiger partial charge in [-0.1, -0.05) is 31.7 Å². The summed E-state index contributed by atoms with van der Waals surface area (Å²) in [6.07, 6.45) is 9.61. The van der Waals surface area contributed by atoms with E-state index in [1.165, 1.54) is 44.1 Å². The molecule has 2 fully saturated rings. The highest BCUT2D eigenvalue weighted by molar-refractivity contribution is 9.10. The molecule has 2 unspecified atom stereocenters. The molecule has 2 aliphatic rings. The molecule has 0 saturated heterocycles. The van der Waals surface area contributed by atoms with Crippen LogP contribution in [0.3, 0.4) is 0 Å². The second kappa shape index (κ2) is 6.29. The molecule has 0 heterocycles. The maximum absolute atomic E-state index is 6.43. The number of aryl methyl sites for hydroxylation is 1. The molecule has 1 N–H and O–H groups in total. The summed E-state index contributed by atoms with van der Waals surface area (Å²) in [5.74, 6) is 1.00. The van der Waals surface area contributed by atoms with Crippen molar-refractivity contribution in [2.45, 2.75) is 64.0 Å². The number of ether oxygens (including phenoxy) is 1. The first-order chi connectivity index (χ1) is 10.2. The van der Waals surface area contributed by atoms with Gasteiger partial charge in [-0.25, -0.2) is 0 Å². The van der Waals surface area contributed by atoms with Gasteiger partial charge in [0.05, 0.1) is 4.47 Å². The fourth-order valence-electron chi connectivity index (χ4n) is 4.23. The van der Waals surface area contributed by atoms with E-state index in [2.05, 4.69) is 53.4 Å². The second-order valence-electron chi connectivity index (χ2n) is 6.76. The van der Waals surface area contributed by atoms with Crippen molar-refractivity contribution in [1.29, 1.82) is 0 Å². The lowest BCUT2D eigenvalue weighted by Crippen LogP contribution is -2.64. The van der Waals surface area contributed by atoms with E-state index in [9.17, 15) is 0 Å². The Morgan fingerprint density at radius 2 is 1.90 bits per heavy atom. The number of hydrogen-bond acceptors (Lipinski definition) is 2. The molecule has 1 aromatic rings. The highest BCUT2D eigenvalue weighted by Gasteiger charge is 2.55. The van der Waals surface area contributed by atoms with Gasteiger partial charge in [0.15, 0.2) is 0 Å². The predicted octanol–water partition coefficient (Wildman–Crippen LogP) is 4.84. The van der Waals surface area contributed by atoms with Crippen LogP contribution >= 0.6 is 15.9 Å². The van der Waals surface area contributed by atoms with Crippen molar-refractivity contribution < 1.29 is 4.74 Å². The Kier molecular flexibility index (Phi) is 4.60. The predicted molar refractivity (Wildman–Crippen MR) is 90.9 cm³/mol. The summed E-state index contributed by atoms with van der Waals surface area (Å²) < 4.78 is 7.51. The van der Waals surface area contributed by atoms with Crippen LogP contribution in [-0.2, 0) is 0 Å². The molecular weight excluding hydrogens is 326 g/mol. The molecule has 2 aliphatic carbocycles. The molecule has 3 rings (SSSR count). The van der Waals surface area contributed by atoms with E-state index in [-0.39, 0.29) is 0 Å². The van der Waals surface area contributed by atoms with Crippen molar-refractivity contribution in [2.75, 3.05) is 7.05 Å². The third kappa shape index (κ3) is 2.87. The van der Waals surface area contributed by atoms with Crippen LogP contribution in [0.2, 0.25) is 0 Å². The molecule has 2 atom stereocenters. The van der Waals surface area contributed by atoms with Crippen LogP contribution in [0.5, 0.6) is 5.75 Å². The molecule has 116 valence electrons. The van der Waals surface area contributed by atoms with Crippen LogP contribution in [0, 0.1) is 12.3 Å². The highest BCUT2D eigenvalue weighted by atomic mass is 79.9. The zero-order valence-electron chi connectivity index (χ0n) is 13.1. The number of nitrogens with one attached hydrogen (secondary N) is 1. The highest BCUT2D eigenvalue weighted by Crippen LogP contribution is 2.52. The van der Waals surface area contributed by atoms with Gasteiger partial charge in [0.1, 0.15) is 11.9 Å². The topological polar surface area (TPSA) is 21.3 Å². The molecule has 21 heavy (non-hydrogen) atoms. The van der Waals surface area contributed by atoms with Crippen molar-refractivity contribution in [3.63, 3.8) is 0 Å². The average molecular weight is 352 g/mol. The van der Waals surface area contributed by atoms with Crippen molar-refractivity contribution >= 4 is 15.9 Å². The summed E-state index contributed by atoms with van der Waals surface area (Å²) >= 11 is 3.65. The Labute approximate surface area is 136 Å². The van der Waals surface area contributed by atoms with Gasteiger partial charge in [-0.2, -0.15) is 0 Å². The van der Waals surface area contributed by atoms with E-state index in [0.29, 0.717) is 17.6 Å². The Bertz CT molecular complexity index is 494. The third-order valence-electron chi connectivity index (χ3n) is 5.52. The van der Waals surface area contributed by atoms with Crippen LogP contribution in [-0.4, -0.2) is 19.2 Å². The molecule has 1 aromatic carbocycles. The van der Waals surface area contributed by atoms with Crippen LogP contribution in [0.15, 0.2) is 22.7 Å². The van der Waals surface area contributed by atoms with Gasteiger partial charge in [0.25, 0.3) is 0 Å². The monoisotopic (exact) mass is 351 g/mol. The molecule has 0 amide bonds. The van der Waals surface area contributed by atoms with Gasteiger partial charge in [-0.3, -0.25) is 0 Å². The van der Waals surface area contributed by atoms with Crippen LogP contribution in [0.25, 0.3) is 0 Å². The Hall–Kier alpha value is -0.540. The molecule has 2 saturated carbocycles. The maximum Gasteiger partial charge on any atom is 0.133 e. The smallest absolute Gasteiger partial charge is 0.133 e. The minimum Gasteiger partial charge on any atom is -0.489 e. The van der Waals surface area contributed by atoms with Crippen molar-refractivity contribution in [3.8, 4) is 5.75 Å². The van der Waals surface area contributed by atoms with Gasteiger partial charge in [-0.15, -0.1) is 0 Å². The van der Waals surface area contributed by atoms with E-state index in [0.717, 1.165) is 16.6 Å². The lowest BCUT2D eigenvalue weighted by atomic mass is 9.58. The summed E-state index contributed by atoms with van der Waals surface area (Å²) in [4.78, 5) is 0. The lowest BCUT2D eigenvalue weighted by molar-refractivity contribution is -0.0885. The molecule has 1 spiro atoms. The number of halogens is 1. The molecule has 2 nitrogen and oxygen atoms in total. The molecule has 0 aliphatic heterocycles. The standard InChI is InChI=1S/C18H26BrNO/c1-13-7-8-15(14(19)11-13)21-17-12-16(20-2)18(17)9-5-3-4-6-10-18/h7-8,11,16-17,20H,3-6,9-10,12H2,1-2H3.